The van der Waals surface area contributed by atoms with Gasteiger partial charge in [0.1, 0.15) is 11.3 Å². The normalized spacial score (nSPS) is 15.0. The van der Waals surface area contributed by atoms with Crippen molar-refractivity contribution in [3.05, 3.63) is 66.1 Å². The molecule has 4 rings (SSSR count). The second kappa shape index (κ2) is 7.29. The Morgan fingerprint density at radius 2 is 1.75 bits per heavy atom. The third kappa shape index (κ3) is 3.36. The predicted molar refractivity (Wildman–Crippen MR) is 104 cm³/mol. The summed E-state index contributed by atoms with van der Waals surface area (Å²) < 4.78 is 40.5. The molecule has 0 bridgehead atoms. The van der Waals surface area contributed by atoms with Gasteiger partial charge in [-0.1, -0.05) is 12.1 Å². The number of halogens is 1. The minimum Gasteiger partial charge on any atom is -0.321 e. The van der Waals surface area contributed by atoms with Crippen LogP contribution < -0.4 is 5.32 Å². The predicted octanol–water partition coefficient (Wildman–Crippen LogP) is 3.41. The lowest BCUT2D eigenvalue weighted by Gasteiger charge is -2.15. The van der Waals surface area contributed by atoms with Gasteiger partial charge >= 0.3 is 0 Å². The molecular formula is C20H18FN3O3S. The third-order valence-corrected chi connectivity index (χ3v) is 6.70. The van der Waals surface area contributed by atoms with Crippen LogP contribution >= 0.6 is 0 Å². The van der Waals surface area contributed by atoms with Gasteiger partial charge in [-0.2, -0.15) is 4.31 Å². The molecule has 1 saturated heterocycles. The van der Waals surface area contributed by atoms with E-state index in [1.165, 1.54) is 40.8 Å². The summed E-state index contributed by atoms with van der Waals surface area (Å²) in [6.45, 7) is 1.05. The smallest absolute Gasteiger partial charge is 0.255 e. The molecular weight excluding hydrogens is 381 g/mol. The number of fused-ring (bicyclic) bond motifs is 1. The number of amides is 1. The van der Waals surface area contributed by atoms with Gasteiger partial charge in [0.25, 0.3) is 5.91 Å². The quantitative estimate of drug-likeness (QED) is 0.729. The van der Waals surface area contributed by atoms with Crippen molar-refractivity contribution < 1.29 is 17.6 Å². The summed E-state index contributed by atoms with van der Waals surface area (Å²) in [6, 6.07) is 11.9. The van der Waals surface area contributed by atoms with E-state index in [-0.39, 0.29) is 10.4 Å². The molecule has 0 unspecified atom stereocenters. The van der Waals surface area contributed by atoms with E-state index in [2.05, 4.69) is 10.3 Å². The highest BCUT2D eigenvalue weighted by Crippen LogP contribution is 2.25. The lowest BCUT2D eigenvalue weighted by atomic mass is 10.1. The van der Waals surface area contributed by atoms with E-state index >= 15 is 0 Å². The monoisotopic (exact) mass is 399 g/mol. The second-order valence-electron chi connectivity index (χ2n) is 6.58. The van der Waals surface area contributed by atoms with Crippen molar-refractivity contribution in [3.8, 4) is 0 Å². The summed E-state index contributed by atoms with van der Waals surface area (Å²) in [6.07, 6.45) is 3.15. The highest BCUT2D eigenvalue weighted by atomic mass is 32.2. The van der Waals surface area contributed by atoms with Gasteiger partial charge in [0, 0.05) is 30.2 Å². The Labute approximate surface area is 162 Å². The zero-order valence-electron chi connectivity index (χ0n) is 14.9. The number of pyridine rings is 1. The maximum Gasteiger partial charge on any atom is 0.255 e. The van der Waals surface area contributed by atoms with E-state index in [0.717, 1.165) is 12.8 Å². The zero-order valence-corrected chi connectivity index (χ0v) is 15.7. The standard InChI is InChI=1S/C20H18FN3O3S/c21-17-5-3-4-16-18(10-11-22-19(16)17)23-20(25)14-6-8-15(9-7-14)28(26,27)24-12-1-2-13-24/h3-11H,1-2,12-13H2,(H,22,23,25). The fraction of sp³-hybridized carbons (Fsp3) is 0.200. The van der Waals surface area contributed by atoms with E-state index < -0.39 is 21.7 Å². The number of benzene rings is 2. The SMILES string of the molecule is O=C(Nc1ccnc2c(F)cccc12)c1ccc(S(=O)(=O)N2CCCC2)cc1. The fourth-order valence-corrected chi connectivity index (χ4v) is 4.82. The van der Waals surface area contributed by atoms with Crippen LogP contribution in [-0.4, -0.2) is 36.7 Å². The van der Waals surface area contributed by atoms with Gasteiger partial charge in [0.15, 0.2) is 0 Å². The van der Waals surface area contributed by atoms with Crippen LogP contribution in [0.2, 0.25) is 0 Å². The van der Waals surface area contributed by atoms with Crippen LogP contribution in [0.4, 0.5) is 10.1 Å². The number of sulfonamides is 1. The highest BCUT2D eigenvalue weighted by molar-refractivity contribution is 7.89. The fourth-order valence-electron chi connectivity index (χ4n) is 3.30. The third-order valence-electron chi connectivity index (χ3n) is 4.79. The van der Waals surface area contributed by atoms with Crippen molar-refractivity contribution in [1.82, 2.24) is 9.29 Å². The topological polar surface area (TPSA) is 79.4 Å². The van der Waals surface area contributed by atoms with Gasteiger partial charge in [-0.3, -0.25) is 9.78 Å². The Balaban J connectivity index is 1.57. The zero-order chi connectivity index (χ0) is 19.7. The van der Waals surface area contributed by atoms with E-state index in [1.54, 1.807) is 18.2 Å². The number of carbonyl (C=O) groups excluding carboxylic acids is 1. The van der Waals surface area contributed by atoms with Crippen molar-refractivity contribution in [1.29, 1.82) is 0 Å². The first-order valence-electron chi connectivity index (χ1n) is 8.91. The van der Waals surface area contributed by atoms with E-state index in [4.69, 9.17) is 0 Å². The van der Waals surface area contributed by atoms with Crippen LogP contribution in [0.1, 0.15) is 23.2 Å². The molecule has 0 spiro atoms. The number of rotatable bonds is 4. The van der Waals surface area contributed by atoms with Gasteiger partial charge in [-0.15, -0.1) is 0 Å². The first kappa shape index (κ1) is 18.5. The van der Waals surface area contributed by atoms with Crippen molar-refractivity contribution in [2.45, 2.75) is 17.7 Å². The Hall–Kier alpha value is -2.84. The molecule has 6 nitrogen and oxygen atoms in total. The average Bonchev–Trinajstić information content (AvgIpc) is 3.25. The molecule has 0 atom stereocenters. The number of nitrogens with zero attached hydrogens (tertiary/aromatic N) is 2. The number of para-hydroxylation sites is 1. The molecule has 0 aliphatic carbocycles. The number of hydrogen-bond acceptors (Lipinski definition) is 4. The summed E-state index contributed by atoms with van der Waals surface area (Å²) in [7, 11) is -3.52. The van der Waals surface area contributed by atoms with Crippen LogP contribution in [0, 0.1) is 5.82 Å². The Bertz CT molecular complexity index is 1140. The number of anilines is 1. The molecule has 1 aliphatic heterocycles. The van der Waals surface area contributed by atoms with Gasteiger partial charge in [0.05, 0.1) is 10.6 Å². The van der Waals surface area contributed by atoms with Crippen molar-refractivity contribution in [2.75, 3.05) is 18.4 Å². The maximum atomic E-state index is 13.9. The first-order chi connectivity index (χ1) is 13.5. The minimum atomic E-state index is -3.52. The van der Waals surface area contributed by atoms with Crippen molar-refractivity contribution >= 4 is 32.5 Å². The van der Waals surface area contributed by atoms with E-state index in [0.29, 0.717) is 29.7 Å². The van der Waals surface area contributed by atoms with Gasteiger partial charge in [-0.05, 0) is 49.2 Å². The number of aromatic nitrogens is 1. The summed E-state index contributed by atoms with van der Waals surface area (Å²) >= 11 is 0. The Morgan fingerprint density at radius 1 is 1.04 bits per heavy atom. The molecule has 2 aromatic carbocycles. The van der Waals surface area contributed by atoms with Crippen LogP contribution in [0.3, 0.4) is 0 Å². The highest BCUT2D eigenvalue weighted by Gasteiger charge is 2.27. The molecule has 3 aromatic rings. The molecule has 1 amide bonds. The van der Waals surface area contributed by atoms with Crippen LogP contribution in [-0.2, 0) is 10.0 Å². The van der Waals surface area contributed by atoms with Crippen LogP contribution in [0.25, 0.3) is 10.9 Å². The number of hydrogen-bond donors (Lipinski definition) is 1. The molecule has 28 heavy (non-hydrogen) atoms. The molecule has 8 heteroatoms. The molecule has 1 fully saturated rings. The second-order valence-corrected chi connectivity index (χ2v) is 8.52. The molecule has 1 N–H and O–H groups in total. The van der Waals surface area contributed by atoms with Crippen molar-refractivity contribution in [2.24, 2.45) is 0 Å². The summed E-state index contributed by atoms with van der Waals surface area (Å²) in [5.41, 5.74) is 0.914. The summed E-state index contributed by atoms with van der Waals surface area (Å²) in [5.74, 6) is -0.882. The maximum absolute atomic E-state index is 13.9. The molecule has 0 saturated carbocycles. The summed E-state index contributed by atoms with van der Waals surface area (Å²) in [5, 5.41) is 3.23. The molecule has 2 heterocycles. The number of carbonyl (C=O) groups is 1. The van der Waals surface area contributed by atoms with Crippen LogP contribution in [0.15, 0.2) is 59.6 Å². The van der Waals surface area contributed by atoms with E-state index in [1.807, 2.05) is 0 Å². The van der Waals surface area contributed by atoms with Gasteiger partial charge in [-0.25, -0.2) is 12.8 Å². The lowest BCUT2D eigenvalue weighted by Crippen LogP contribution is -2.27. The molecule has 1 aromatic heterocycles. The average molecular weight is 399 g/mol. The summed E-state index contributed by atoms with van der Waals surface area (Å²) in [4.78, 5) is 16.7. The lowest BCUT2D eigenvalue weighted by molar-refractivity contribution is 0.102. The van der Waals surface area contributed by atoms with Gasteiger partial charge in [0.2, 0.25) is 10.0 Å². The molecule has 1 aliphatic rings. The molecule has 144 valence electrons. The Kier molecular flexibility index (Phi) is 4.82. The van der Waals surface area contributed by atoms with Gasteiger partial charge < -0.3 is 5.32 Å². The molecule has 0 radical (unpaired) electrons. The Morgan fingerprint density at radius 3 is 2.46 bits per heavy atom. The van der Waals surface area contributed by atoms with E-state index in [9.17, 15) is 17.6 Å². The number of nitrogens with one attached hydrogen (secondary N) is 1. The largest absolute Gasteiger partial charge is 0.321 e. The minimum absolute atomic E-state index is 0.169. The first-order valence-corrected chi connectivity index (χ1v) is 10.4. The van der Waals surface area contributed by atoms with Crippen molar-refractivity contribution in [3.63, 3.8) is 0 Å². The van der Waals surface area contributed by atoms with Crippen LogP contribution in [0.5, 0.6) is 0 Å².